The molecule has 0 saturated heterocycles. The minimum Gasteiger partial charge on any atom is -0.377 e. The van der Waals surface area contributed by atoms with Crippen molar-refractivity contribution in [1.29, 1.82) is 0 Å². The molecule has 0 spiro atoms. The predicted octanol–water partition coefficient (Wildman–Crippen LogP) is 2.58. The molecule has 0 aliphatic carbocycles. The third kappa shape index (κ3) is 4.68. The second kappa shape index (κ2) is 7.73. The van der Waals surface area contributed by atoms with Crippen molar-refractivity contribution in [1.82, 2.24) is 5.32 Å². The van der Waals surface area contributed by atoms with Crippen LogP contribution < -0.4 is 5.32 Å². The molecule has 15 heavy (non-hydrogen) atoms. The van der Waals surface area contributed by atoms with Crippen LogP contribution in [-0.4, -0.2) is 25.3 Å². The normalized spacial score (nSPS) is 16.3. The molecule has 2 unspecified atom stereocenters. The van der Waals surface area contributed by atoms with Gasteiger partial charge in [-0.2, -0.15) is 0 Å². The Bertz CT molecular complexity index is 210. The van der Waals surface area contributed by atoms with Crippen molar-refractivity contribution < 1.29 is 4.74 Å². The van der Waals surface area contributed by atoms with E-state index in [9.17, 15) is 0 Å². The number of rotatable bonds is 7. The Balaban J connectivity index is 4.47. The average Bonchev–Trinajstić information content (AvgIpc) is 2.28. The van der Waals surface area contributed by atoms with E-state index in [4.69, 9.17) is 4.74 Å². The smallest absolute Gasteiger partial charge is 0.0809 e. The van der Waals surface area contributed by atoms with Gasteiger partial charge in [0.2, 0.25) is 0 Å². The van der Waals surface area contributed by atoms with Gasteiger partial charge in [-0.25, -0.2) is 0 Å². The van der Waals surface area contributed by atoms with Crippen LogP contribution in [0.2, 0.25) is 0 Å². The molecule has 2 heteroatoms. The zero-order valence-electron chi connectivity index (χ0n) is 10.8. The summed E-state index contributed by atoms with van der Waals surface area (Å²) >= 11 is 0. The molecule has 0 radical (unpaired) electrons. The molecule has 0 aliphatic rings. The summed E-state index contributed by atoms with van der Waals surface area (Å²) in [6.45, 7) is 9.38. The second-order valence-electron chi connectivity index (χ2n) is 4.01. The summed E-state index contributed by atoms with van der Waals surface area (Å²) in [5, 5.41) is 3.52. The van der Waals surface area contributed by atoms with Gasteiger partial charge >= 0.3 is 0 Å². The molecule has 0 heterocycles. The molecule has 0 rings (SSSR count). The Kier molecular flexibility index (Phi) is 7.46. The van der Waals surface area contributed by atoms with E-state index in [0.717, 1.165) is 25.8 Å². The molecular weight excluding hydrogens is 186 g/mol. The highest BCUT2D eigenvalue weighted by Gasteiger charge is 2.31. The first kappa shape index (κ1) is 14.5. The van der Waals surface area contributed by atoms with E-state index in [1.165, 1.54) is 0 Å². The predicted molar refractivity (Wildman–Crippen MR) is 65.9 cm³/mol. The van der Waals surface area contributed by atoms with Crippen molar-refractivity contribution in [2.24, 2.45) is 0 Å². The summed E-state index contributed by atoms with van der Waals surface area (Å²) in [6, 6.07) is 0.319. The molecule has 0 aromatic rings. The van der Waals surface area contributed by atoms with Crippen LogP contribution in [0.15, 0.2) is 0 Å². The quantitative estimate of drug-likeness (QED) is 0.654. The first-order valence-electron chi connectivity index (χ1n) is 5.82. The van der Waals surface area contributed by atoms with Crippen LogP contribution in [0.4, 0.5) is 0 Å². The first-order chi connectivity index (χ1) is 7.14. The van der Waals surface area contributed by atoms with Gasteiger partial charge in [-0.05, 0) is 33.2 Å². The van der Waals surface area contributed by atoms with Crippen LogP contribution in [0.1, 0.15) is 47.0 Å². The molecule has 0 aromatic carbocycles. The Morgan fingerprint density at radius 2 is 2.07 bits per heavy atom. The molecule has 0 aromatic heterocycles. The Hall–Kier alpha value is -0.520. The lowest BCUT2D eigenvalue weighted by Crippen LogP contribution is -2.49. The maximum absolute atomic E-state index is 5.61. The van der Waals surface area contributed by atoms with Gasteiger partial charge in [0.25, 0.3) is 0 Å². The summed E-state index contributed by atoms with van der Waals surface area (Å²) in [7, 11) is 1.78. The lowest BCUT2D eigenvalue weighted by Gasteiger charge is -2.35. The number of nitrogens with one attached hydrogen (secondary N) is 1. The van der Waals surface area contributed by atoms with Gasteiger partial charge in [0, 0.05) is 19.6 Å². The lowest BCUT2D eigenvalue weighted by molar-refractivity contribution is -0.0274. The minimum atomic E-state index is -0.112. The maximum Gasteiger partial charge on any atom is 0.0809 e. The van der Waals surface area contributed by atoms with E-state index < -0.39 is 0 Å². The van der Waals surface area contributed by atoms with E-state index >= 15 is 0 Å². The van der Waals surface area contributed by atoms with Crippen LogP contribution in [0, 0.1) is 11.8 Å². The highest BCUT2D eigenvalue weighted by atomic mass is 16.5. The average molecular weight is 211 g/mol. The Morgan fingerprint density at radius 1 is 1.40 bits per heavy atom. The van der Waals surface area contributed by atoms with Crippen LogP contribution in [0.5, 0.6) is 0 Å². The fraction of sp³-hybridized carbons (Fsp3) is 0.846. The van der Waals surface area contributed by atoms with Gasteiger partial charge in [-0.15, -0.1) is 11.8 Å². The van der Waals surface area contributed by atoms with Gasteiger partial charge in [-0.3, -0.25) is 0 Å². The Morgan fingerprint density at radius 3 is 2.47 bits per heavy atom. The third-order valence-corrected chi connectivity index (χ3v) is 3.03. The molecule has 0 amide bonds. The molecule has 0 saturated carbocycles. The fourth-order valence-electron chi connectivity index (χ4n) is 1.56. The topological polar surface area (TPSA) is 21.3 Å². The van der Waals surface area contributed by atoms with Gasteiger partial charge in [0.1, 0.15) is 0 Å². The minimum absolute atomic E-state index is 0.112. The maximum atomic E-state index is 5.61. The van der Waals surface area contributed by atoms with Gasteiger partial charge in [0.05, 0.1) is 5.60 Å². The van der Waals surface area contributed by atoms with Crippen LogP contribution >= 0.6 is 0 Å². The van der Waals surface area contributed by atoms with Gasteiger partial charge in [-0.1, -0.05) is 13.8 Å². The summed E-state index contributed by atoms with van der Waals surface area (Å²) < 4.78 is 5.61. The SMILES string of the molecule is CC#CCC(NCCC)C(C)(CC)OC. The zero-order chi connectivity index (χ0) is 11.7. The molecule has 0 bridgehead atoms. The first-order valence-corrected chi connectivity index (χ1v) is 5.82. The van der Waals surface area contributed by atoms with Gasteiger partial charge in [0.15, 0.2) is 0 Å². The van der Waals surface area contributed by atoms with Crippen molar-refractivity contribution in [3.05, 3.63) is 0 Å². The largest absolute Gasteiger partial charge is 0.377 e. The highest BCUT2D eigenvalue weighted by molar-refractivity contribution is 5.02. The number of methoxy groups -OCH3 is 1. The highest BCUT2D eigenvalue weighted by Crippen LogP contribution is 2.21. The van der Waals surface area contributed by atoms with E-state index in [0.29, 0.717) is 6.04 Å². The lowest BCUT2D eigenvalue weighted by atomic mass is 9.90. The van der Waals surface area contributed by atoms with Gasteiger partial charge < -0.3 is 10.1 Å². The Labute approximate surface area is 94.8 Å². The summed E-state index contributed by atoms with van der Waals surface area (Å²) in [4.78, 5) is 0. The number of hydrogen-bond acceptors (Lipinski definition) is 2. The third-order valence-electron chi connectivity index (χ3n) is 3.03. The van der Waals surface area contributed by atoms with Crippen LogP contribution in [0.3, 0.4) is 0 Å². The van der Waals surface area contributed by atoms with E-state index in [2.05, 4.69) is 37.9 Å². The molecule has 1 N–H and O–H groups in total. The van der Waals surface area contributed by atoms with Crippen molar-refractivity contribution in [3.8, 4) is 11.8 Å². The summed E-state index contributed by atoms with van der Waals surface area (Å²) in [6.07, 6.45) is 2.99. The molecule has 88 valence electrons. The summed E-state index contributed by atoms with van der Waals surface area (Å²) in [5.74, 6) is 6.09. The van der Waals surface area contributed by atoms with Crippen molar-refractivity contribution in [2.75, 3.05) is 13.7 Å². The van der Waals surface area contributed by atoms with Crippen LogP contribution in [0.25, 0.3) is 0 Å². The molecule has 2 nitrogen and oxygen atoms in total. The second-order valence-corrected chi connectivity index (χ2v) is 4.01. The molecule has 0 fully saturated rings. The standard InChI is InChI=1S/C13H25NO/c1-6-9-10-12(14-11-7-2)13(4,8-3)15-5/h12,14H,7-8,10-11H2,1-5H3. The molecule has 2 atom stereocenters. The zero-order valence-corrected chi connectivity index (χ0v) is 10.8. The molecular formula is C13H25NO. The molecule has 0 aliphatic heterocycles. The van der Waals surface area contributed by atoms with Crippen molar-refractivity contribution in [2.45, 2.75) is 58.6 Å². The van der Waals surface area contributed by atoms with E-state index in [-0.39, 0.29) is 5.60 Å². The summed E-state index contributed by atoms with van der Waals surface area (Å²) in [5.41, 5.74) is -0.112. The number of hydrogen-bond donors (Lipinski definition) is 1. The monoisotopic (exact) mass is 211 g/mol. The fourth-order valence-corrected chi connectivity index (χ4v) is 1.56. The van der Waals surface area contributed by atoms with Crippen molar-refractivity contribution in [3.63, 3.8) is 0 Å². The van der Waals surface area contributed by atoms with E-state index in [1.807, 2.05) is 6.92 Å². The van der Waals surface area contributed by atoms with Crippen LogP contribution in [-0.2, 0) is 4.74 Å². The van der Waals surface area contributed by atoms with Crippen molar-refractivity contribution >= 4 is 0 Å². The number of ether oxygens (including phenoxy) is 1. The van der Waals surface area contributed by atoms with E-state index in [1.54, 1.807) is 7.11 Å².